The van der Waals surface area contributed by atoms with Gasteiger partial charge < -0.3 is 9.64 Å². The Labute approximate surface area is 175 Å². The van der Waals surface area contributed by atoms with E-state index < -0.39 is 22.0 Å². The third-order valence-corrected chi connectivity index (χ3v) is 7.31. The van der Waals surface area contributed by atoms with Crippen LogP contribution >= 0.6 is 0 Å². The minimum absolute atomic E-state index is 0.00213. The summed E-state index contributed by atoms with van der Waals surface area (Å²) in [6.45, 7) is 3.84. The zero-order valence-corrected chi connectivity index (χ0v) is 17.5. The number of hydrogen-bond donors (Lipinski definition) is 0. The van der Waals surface area contributed by atoms with Crippen molar-refractivity contribution in [1.29, 1.82) is 0 Å². The highest BCUT2D eigenvalue weighted by molar-refractivity contribution is 7.89. The van der Waals surface area contributed by atoms with Crippen LogP contribution < -0.4 is 0 Å². The Morgan fingerprint density at radius 3 is 2.30 bits per heavy atom. The smallest absolute Gasteiger partial charge is 0.322 e. The van der Waals surface area contributed by atoms with Gasteiger partial charge in [0.2, 0.25) is 10.0 Å². The number of ether oxygens (including phenoxy) is 1. The minimum atomic E-state index is -3.95. The van der Waals surface area contributed by atoms with Gasteiger partial charge in [0.05, 0.1) is 18.1 Å². The average Bonchev–Trinajstić information content (AvgIpc) is 3.12. The van der Waals surface area contributed by atoms with Gasteiger partial charge in [-0.3, -0.25) is 4.90 Å². The molecule has 2 aliphatic rings. The first-order valence-corrected chi connectivity index (χ1v) is 11.3. The molecule has 0 N–H and O–H groups in total. The van der Waals surface area contributed by atoms with E-state index in [0.29, 0.717) is 31.9 Å². The van der Waals surface area contributed by atoms with Crippen molar-refractivity contribution in [3.8, 4) is 0 Å². The number of nitrogens with zero attached hydrogens (tertiary/aromatic N) is 3. The van der Waals surface area contributed by atoms with Crippen molar-refractivity contribution < 1.29 is 22.3 Å². The summed E-state index contributed by atoms with van der Waals surface area (Å²) in [5.41, 5.74) is 0.703. The van der Waals surface area contributed by atoms with E-state index in [2.05, 4.69) is 0 Å². The maximum atomic E-state index is 13.5. The fourth-order valence-corrected chi connectivity index (χ4v) is 5.61. The summed E-state index contributed by atoms with van der Waals surface area (Å²) < 4.78 is 46.9. The first kappa shape index (κ1) is 20.8. The van der Waals surface area contributed by atoms with Crippen LogP contribution in [0.5, 0.6) is 0 Å². The first-order valence-electron chi connectivity index (χ1n) is 9.87. The molecule has 2 aromatic rings. The van der Waals surface area contributed by atoms with Crippen LogP contribution in [0, 0.1) is 5.82 Å². The van der Waals surface area contributed by atoms with E-state index >= 15 is 0 Å². The highest BCUT2D eigenvalue weighted by Gasteiger charge is 2.48. The number of carbonyl (C=O) groups is 1. The molecule has 160 valence electrons. The molecule has 0 saturated carbocycles. The molecule has 2 aromatic carbocycles. The number of urea groups is 1. The standard InChI is InChI=1S/C21H24FN3O4S/c1-16-15-24(30(27,28)19-9-7-18(22)8-10-19)20(17-5-3-2-4-6-17)25(16)21(26)23-11-13-29-14-12-23/h2-10,16,20H,11-15H2,1H3. The predicted molar refractivity (Wildman–Crippen MR) is 109 cm³/mol. The van der Waals surface area contributed by atoms with Crippen molar-refractivity contribution in [3.63, 3.8) is 0 Å². The van der Waals surface area contributed by atoms with E-state index in [1.54, 1.807) is 9.80 Å². The molecule has 0 aromatic heterocycles. The third-order valence-electron chi connectivity index (χ3n) is 5.48. The highest BCUT2D eigenvalue weighted by Crippen LogP contribution is 2.38. The van der Waals surface area contributed by atoms with E-state index in [4.69, 9.17) is 4.74 Å². The van der Waals surface area contributed by atoms with Gasteiger partial charge >= 0.3 is 6.03 Å². The molecule has 2 fully saturated rings. The summed E-state index contributed by atoms with van der Waals surface area (Å²) in [4.78, 5) is 16.7. The molecule has 30 heavy (non-hydrogen) atoms. The molecule has 4 rings (SSSR count). The maximum absolute atomic E-state index is 13.5. The molecule has 2 heterocycles. The number of morpholine rings is 1. The highest BCUT2D eigenvalue weighted by atomic mass is 32.2. The van der Waals surface area contributed by atoms with E-state index in [1.807, 2.05) is 37.3 Å². The summed E-state index contributed by atoms with van der Waals surface area (Å²) >= 11 is 0. The summed E-state index contributed by atoms with van der Waals surface area (Å²) in [6, 6.07) is 13.3. The van der Waals surface area contributed by atoms with Crippen LogP contribution in [0.3, 0.4) is 0 Å². The zero-order chi connectivity index (χ0) is 21.3. The molecule has 2 saturated heterocycles. The van der Waals surface area contributed by atoms with Crippen LogP contribution in [-0.2, 0) is 14.8 Å². The second-order valence-electron chi connectivity index (χ2n) is 7.45. The third kappa shape index (κ3) is 3.80. The van der Waals surface area contributed by atoms with E-state index in [1.165, 1.54) is 16.4 Å². The Morgan fingerprint density at radius 2 is 1.67 bits per heavy atom. The molecule has 2 aliphatic heterocycles. The average molecular weight is 434 g/mol. The number of halogens is 1. The summed E-state index contributed by atoms with van der Waals surface area (Å²) in [5.74, 6) is -0.507. The Balaban J connectivity index is 1.75. The van der Waals surface area contributed by atoms with Gasteiger partial charge in [-0.2, -0.15) is 4.31 Å². The lowest BCUT2D eigenvalue weighted by Crippen LogP contribution is -2.50. The molecule has 2 amide bonds. The van der Waals surface area contributed by atoms with Crippen LogP contribution in [0.15, 0.2) is 59.5 Å². The number of sulfonamides is 1. The van der Waals surface area contributed by atoms with Crippen LogP contribution in [0.1, 0.15) is 18.7 Å². The lowest BCUT2D eigenvalue weighted by Gasteiger charge is -2.36. The minimum Gasteiger partial charge on any atom is -0.378 e. The molecule has 2 atom stereocenters. The molecule has 0 spiro atoms. The molecular formula is C21H24FN3O4S. The van der Waals surface area contributed by atoms with Gasteiger partial charge in [-0.15, -0.1) is 0 Å². The second kappa shape index (κ2) is 8.33. The van der Waals surface area contributed by atoms with Gasteiger partial charge in [0.15, 0.2) is 0 Å². The van der Waals surface area contributed by atoms with Gasteiger partial charge in [-0.25, -0.2) is 17.6 Å². The lowest BCUT2D eigenvalue weighted by atomic mass is 10.1. The van der Waals surface area contributed by atoms with E-state index in [9.17, 15) is 17.6 Å². The number of carbonyl (C=O) groups excluding carboxylic acids is 1. The van der Waals surface area contributed by atoms with Crippen LogP contribution in [0.2, 0.25) is 0 Å². The van der Waals surface area contributed by atoms with E-state index in [-0.39, 0.29) is 23.5 Å². The van der Waals surface area contributed by atoms with Gasteiger partial charge in [0.25, 0.3) is 0 Å². The molecule has 0 radical (unpaired) electrons. The Kier molecular flexibility index (Phi) is 5.77. The molecule has 7 nitrogen and oxygen atoms in total. The Bertz CT molecular complexity index is 995. The summed E-state index contributed by atoms with van der Waals surface area (Å²) in [6.07, 6.45) is -0.786. The predicted octanol–water partition coefficient (Wildman–Crippen LogP) is 2.67. The van der Waals surface area contributed by atoms with Crippen LogP contribution in [0.25, 0.3) is 0 Å². The monoisotopic (exact) mass is 433 g/mol. The SMILES string of the molecule is CC1CN(S(=O)(=O)c2ccc(F)cc2)C(c2ccccc2)N1C(=O)N1CCOCC1. The first-order chi connectivity index (χ1) is 14.4. The second-order valence-corrected chi connectivity index (χ2v) is 9.34. The van der Waals surface area contributed by atoms with Gasteiger partial charge in [-0.05, 0) is 36.8 Å². The normalized spacial score (nSPS) is 23.0. The number of amides is 2. The topological polar surface area (TPSA) is 70.2 Å². The van der Waals surface area contributed by atoms with Crippen molar-refractivity contribution in [2.75, 3.05) is 32.8 Å². The summed E-state index contributed by atoms with van der Waals surface area (Å²) in [7, 11) is -3.95. The van der Waals surface area contributed by atoms with Crippen molar-refractivity contribution in [3.05, 3.63) is 66.0 Å². The fraction of sp³-hybridized carbons (Fsp3) is 0.381. The van der Waals surface area contributed by atoms with Crippen molar-refractivity contribution in [2.45, 2.75) is 24.0 Å². The largest absolute Gasteiger partial charge is 0.378 e. The molecule has 0 bridgehead atoms. The number of benzene rings is 2. The Morgan fingerprint density at radius 1 is 1.03 bits per heavy atom. The van der Waals surface area contributed by atoms with E-state index in [0.717, 1.165) is 12.1 Å². The Hall–Kier alpha value is -2.49. The quantitative estimate of drug-likeness (QED) is 0.746. The van der Waals surface area contributed by atoms with Crippen molar-refractivity contribution in [2.24, 2.45) is 0 Å². The molecule has 0 aliphatic carbocycles. The van der Waals surface area contributed by atoms with Gasteiger partial charge in [-0.1, -0.05) is 30.3 Å². The van der Waals surface area contributed by atoms with Crippen molar-refractivity contribution in [1.82, 2.24) is 14.1 Å². The van der Waals surface area contributed by atoms with Crippen molar-refractivity contribution >= 4 is 16.1 Å². The number of rotatable bonds is 3. The maximum Gasteiger partial charge on any atom is 0.322 e. The fourth-order valence-electron chi connectivity index (χ4n) is 3.96. The van der Waals surface area contributed by atoms with Gasteiger partial charge in [0.1, 0.15) is 12.0 Å². The van der Waals surface area contributed by atoms with Gasteiger partial charge in [0, 0.05) is 25.7 Å². The van der Waals surface area contributed by atoms with Crippen LogP contribution in [0.4, 0.5) is 9.18 Å². The number of hydrogen-bond acceptors (Lipinski definition) is 4. The molecule has 2 unspecified atom stereocenters. The zero-order valence-electron chi connectivity index (χ0n) is 16.6. The molecular weight excluding hydrogens is 409 g/mol. The van der Waals surface area contributed by atoms with Crippen LogP contribution in [-0.4, -0.2) is 67.4 Å². The molecule has 9 heteroatoms. The summed E-state index contributed by atoms with van der Waals surface area (Å²) in [5, 5.41) is 0. The lowest BCUT2D eigenvalue weighted by molar-refractivity contribution is 0.0369.